The number of hydrogen-bond acceptors (Lipinski definition) is 5. The molecular weight excluding hydrogens is 322 g/mol. The number of rotatable bonds is 5. The molecule has 0 bridgehead atoms. The van der Waals surface area contributed by atoms with E-state index in [9.17, 15) is 0 Å². The number of hydrogen-bond donors (Lipinski definition) is 2. The highest BCUT2D eigenvalue weighted by Crippen LogP contribution is 2.17. The highest BCUT2D eigenvalue weighted by Gasteiger charge is 2.16. The average Bonchev–Trinajstić information content (AvgIpc) is 3.28. The molecule has 7 nitrogen and oxygen atoms in total. The Hall–Kier alpha value is -1.96. The monoisotopic (exact) mass is 347 g/mol. The summed E-state index contributed by atoms with van der Waals surface area (Å²) in [6, 6.07) is 0.510. The van der Waals surface area contributed by atoms with Gasteiger partial charge in [0.15, 0.2) is 11.8 Å². The molecule has 2 aromatic heterocycles. The molecule has 8 heteroatoms. The van der Waals surface area contributed by atoms with Crippen LogP contribution in [0.2, 0.25) is 0 Å². The molecule has 0 saturated heterocycles. The minimum Gasteiger partial charge on any atom is -0.354 e. The maximum Gasteiger partial charge on any atom is 0.192 e. The van der Waals surface area contributed by atoms with Crippen molar-refractivity contribution < 1.29 is 0 Å². The van der Waals surface area contributed by atoms with Crippen molar-refractivity contribution in [3.05, 3.63) is 27.7 Å². The molecule has 0 unspecified atom stereocenters. The molecule has 0 amide bonds. The number of nitrogens with one attached hydrogen (secondary N) is 2. The van der Waals surface area contributed by atoms with Gasteiger partial charge in [0.25, 0.3) is 0 Å². The van der Waals surface area contributed by atoms with Gasteiger partial charge in [-0.05, 0) is 26.7 Å². The predicted molar refractivity (Wildman–Crippen MR) is 96.0 cm³/mol. The van der Waals surface area contributed by atoms with E-state index in [0.717, 1.165) is 28.3 Å². The van der Waals surface area contributed by atoms with Crippen LogP contribution in [0.3, 0.4) is 0 Å². The fourth-order valence-corrected chi connectivity index (χ4v) is 3.51. The fraction of sp³-hybridized carbons (Fsp3) is 0.625. The van der Waals surface area contributed by atoms with E-state index in [1.165, 1.54) is 25.7 Å². The SMILES string of the molecule is Cc1csc(CNC(=NCc2nnc(C)n2C)NC2CCCC2)n1. The van der Waals surface area contributed by atoms with Gasteiger partial charge in [0.05, 0.1) is 6.54 Å². The summed E-state index contributed by atoms with van der Waals surface area (Å²) in [6.45, 7) is 5.16. The number of aryl methyl sites for hydroxylation is 2. The quantitative estimate of drug-likeness (QED) is 0.639. The Morgan fingerprint density at radius 1 is 1.33 bits per heavy atom. The van der Waals surface area contributed by atoms with E-state index >= 15 is 0 Å². The molecule has 130 valence electrons. The van der Waals surface area contributed by atoms with E-state index in [4.69, 9.17) is 4.99 Å². The highest BCUT2D eigenvalue weighted by atomic mass is 32.1. The Morgan fingerprint density at radius 2 is 2.12 bits per heavy atom. The lowest BCUT2D eigenvalue weighted by Crippen LogP contribution is -2.42. The normalized spacial score (nSPS) is 15.9. The Morgan fingerprint density at radius 3 is 2.75 bits per heavy atom. The molecule has 1 aliphatic rings. The van der Waals surface area contributed by atoms with E-state index in [1.807, 2.05) is 25.5 Å². The van der Waals surface area contributed by atoms with E-state index < -0.39 is 0 Å². The zero-order valence-corrected chi connectivity index (χ0v) is 15.4. The van der Waals surface area contributed by atoms with Crippen molar-refractivity contribution in [2.24, 2.45) is 12.0 Å². The van der Waals surface area contributed by atoms with Crippen LogP contribution in [0.1, 0.15) is 48.0 Å². The molecular formula is C16H25N7S. The molecule has 0 aromatic carbocycles. The molecule has 24 heavy (non-hydrogen) atoms. The van der Waals surface area contributed by atoms with Crippen LogP contribution in [-0.2, 0) is 20.1 Å². The Bertz CT molecular complexity index is 697. The maximum absolute atomic E-state index is 4.70. The van der Waals surface area contributed by atoms with Gasteiger partial charge in [-0.1, -0.05) is 12.8 Å². The molecule has 2 N–H and O–H groups in total. The minimum absolute atomic E-state index is 0.510. The summed E-state index contributed by atoms with van der Waals surface area (Å²) >= 11 is 1.67. The summed E-state index contributed by atoms with van der Waals surface area (Å²) in [5.41, 5.74) is 1.06. The molecule has 0 aliphatic heterocycles. The molecule has 0 spiro atoms. The Kier molecular flexibility index (Phi) is 5.44. The van der Waals surface area contributed by atoms with Crippen LogP contribution in [0.25, 0.3) is 0 Å². The van der Waals surface area contributed by atoms with Gasteiger partial charge in [0.2, 0.25) is 0 Å². The van der Waals surface area contributed by atoms with E-state index in [2.05, 4.69) is 31.2 Å². The van der Waals surface area contributed by atoms with Crippen LogP contribution in [0.4, 0.5) is 0 Å². The second kappa shape index (κ2) is 7.74. The first-order chi connectivity index (χ1) is 11.6. The van der Waals surface area contributed by atoms with Gasteiger partial charge in [-0.15, -0.1) is 21.5 Å². The largest absolute Gasteiger partial charge is 0.354 e. The molecule has 0 atom stereocenters. The lowest BCUT2D eigenvalue weighted by atomic mass is 10.2. The minimum atomic E-state index is 0.510. The summed E-state index contributed by atoms with van der Waals surface area (Å²) < 4.78 is 1.97. The van der Waals surface area contributed by atoms with Crippen LogP contribution in [0, 0.1) is 13.8 Å². The number of thiazole rings is 1. The lowest BCUT2D eigenvalue weighted by Gasteiger charge is -2.16. The molecule has 1 fully saturated rings. The van der Waals surface area contributed by atoms with E-state index in [0.29, 0.717) is 19.1 Å². The topological polar surface area (TPSA) is 80.0 Å². The number of aromatic nitrogens is 4. The predicted octanol–water partition coefficient (Wildman–Crippen LogP) is 2.07. The van der Waals surface area contributed by atoms with Crippen LogP contribution in [0.5, 0.6) is 0 Å². The van der Waals surface area contributed by atoms with Gasteiger partial charge >= 0.3 is 0 Å². The third kappa shape index (κ3) is 4.31. The first kappa shape index (κ1) is 16.9. The zero-order chi connectivity index (χ0) is 16.9. The highest BCUT2D eigenvalue weighted by molar-refractivity contribution is 7.09. The van der Waals surface area contributed by atoms with Crippen molar-refractivity contribution in [1.29, 1.82) is 0 Å². The van der Waals surface area contributed by atoms with Crippen LogP contribution in [-0.4, -0.2) is 31.7 Å². The van der Waals surface area contributed by atoms with Crippen molar-refractivity contribution in [1.82, 2.24) is 30.4 Å². The third-order valence-electron chi connectivity index (χ3n) is 4.33. The van der Waals surface area contributed by atoms with Gasteiger partial charge in [-0.3, -0.25) is 0 Å². The first-order valence-electron chi connectivity index (χ1n) is 8.42. The van der Waals surface area contributed by atoms with Crippen molar-refractivity contribution in [2.75, 3.05) is 0 Å². The van der Waals surface area contributed by atoms with E-state index in [-0.39, 0.29) is 0 Å². The molecule has 1 aliphatic carbocycles. The summed E-state index contributed by atoms with van der Waals surface area (Å²) in [7, 11) is 1.97. The van der Waals surface area contributed by atoms with Gasteiger partial charge < -0.3 is 15.2 Å². The number of guanidine groups is 1. The summed E-state index contributed by atoms with van der Waals surface area (Å²) in [5.74, 6) is 2.59. The second-order valence-electron chi connectivity index (χ2n) is 6.25. The van der Waals surface area contributed by atoms with Gasteiger partial charge in [-0.25, -0.2) is 9.98 Å². The van der Waals surface area contributed by atoms with Crippen LogP contribution < -0.4 is 10.6 Å². The molecule has 3 rings (SSSR count). The molecule has 1 saturated carbocycles. The van der Waals surface area contributed by atoms with Crippen molar-refractivity contribution in [3.8, 4) is 0 Å². The Balaban J connectivity index is 1.65. The van der Waals surface area contributed by atoms with Gasteiger partial charge in [-0.2, -0.15) is 0 Å². The van der Waals surface area contributed by atoms with Gasteiger partial charge in [0.1, 0.15) is 17.4 Å². The zero-order valence-electron chi connectivity index (χ0n) is 14.5. The molecule has 2 heterocycles. The second-order valence-corrected chi connectivity index (χ2v) is 7.19. The standard InChI is InChI=1S/C16H25N7S/c1-11-10-24-15(19-11)9-18-16(20-13-6-4-5-7-13)17-8-14-22-21-12(2)23(14)3/h10,13H,4-9H2,1-3H3,(H2,17,18,20). The van der Waals surface area contributed by atoms with Crippen LogP contribution >= 0.6 is 11.3 Å². The average molecular weight is 347 g/mol. The number of aliphatic imine (C=N–C) groups is 1. The van der Waals surface area contributed by atoms with Crippen molar-refractivity contribution in [2.45, 2.75) is 58.7 Å². The smallest absolute Gasteiger partial charge is 0.192 e. The maximum atomic E-state index is 4.70. The Labute approximate surface area is 146 Å². The van der Waals surface area contributed by atoms with E-state index in [1.54, 1.807) is 11.3 Å². The fourth-order valence-electron chi connectivity index (χ4n) is 2.80. The van der Waals surface area contributed by atoms with Crippen LogP contribution in [0.15, 0.2) is 10.4 Å². The summed E-state index contributed by atoms with van der Waals surface area (Å²) in [5, 5.41) is 18.4. The number of nitrogens with zero attached hydrogens (tertiary/aromatic N) is 5. The van der Waals surface area contributed by atoms with Crippen molar-refractivity contribution in [3.63, 3.8) is 0 Å². The molecule has 2 aromatic rings. The lowest BCUT2D eigenvalue weighted by molar-refractivity contribution is 0.609. The third-order valence-corrected chi connectivity index (χ3v) is 5.30. The first-order valence-corrected chi connectivity index (χ1v) is 9.30. The molecule has 0 radical (unpaired) electrons. The summed E-state index contributed by atoms with van der Waals surface area (Å²) in [6.07, 6.45) is 5.00. The summed E-state index contributed by atoms with van der Waals surface area (Å²) in [4.78, 5) is 9.20. The van der Waals surface area contributed by atoms with Crippen molar-refractivity contribution >= 4 is 17.3 Å². The van der Waals surface area contributed by atoms with Gasteiger partial charge in [0, 0.05) is 24.2 Å².